The van der Waals surface area contributed by atoms with Gasteiger partial charge in [0.2, 0.25) is 0 Å². The number of aromatic nitrogens is 2. The molecule has 0 atom stereocenters. The van der Waals surface area contributed by atoms with Crippen molar-refractivity contribution < 1.29 is 0 Å². The highest BCUT2D eigenvalue weighted by atomic mass is 15.1. The third kappa shape index (κ3) is 1.93. The molecule has 1 saturated carbocycles. The smallest absolute Gasteiger partial charge is 0.105 e. The van der Waals surface area contributed by atoms with Gasteiger partial charge in [-0.1, -0.05) is 25.7 Å². The molecule has 0 saturated heterocycles. The van der Waals surface area contributed by atoms with Crippen LogP contribution in [0.3, 0.4) is 0 Å². The number of hydrogen-bond donors (Lipinski definition) is 0. The summed E-state index contributed by atoms with van der Waals surface area (Å²) in [5, 5.41) is 0. The lowest BCUT2D eigenvalue weighted by molar-refractivity contribution is 0.435. The normalized spacial score (nSPS) is 20.1. The Kier molecular flexibility index (Phi) is 2.67. The van der Waals surface area contributed by atoms with Gasteiger partial charge in [-0.15, -0.1) is 0 Å². The lowest BCUT2D eigenvalue weighted by Crippen LogP contribution is -2.08. The Morgan fingerprint density at radius 3 is 2.46 bits per heavy atom. The van der Waals surface area contributed by atoms with Gasteiger partial charge in [-0.2, -0.15) is 0 Å². The van der Waals surface area contributed by atoms with Crippen LogP contribution in [-0.2, 0) is 0 Å². The minimum atomic E-state index is 0.727. The van der Waals surface area contributed by atoms with Gasteiger partial charge in [0.25, 0.3) is 0 Å². The second-order valence-corrected chi connectivity index (χ2v) is 4.03. The zero-order valence-electron chi connectivity index (χ0n) is 8.37. The third-order valence-corrected chi connectivity index (χ3v) is 3.08. The van der Waals surface area contributed by atoms with E-state index in [1.54, 1.807) is 0 Å². The first kappa shape index (κ1) is 8.79. The summed E-state index contributed by atoms with van der Waals surface area (Å²) in [6, 6.07) is 0.727. The maximum absolute atomic E-state index is 4.29. The average molecular weight is 178 g/mol. The minimum Gasteiger partial charge on any atom is -0.332 e. The summed E-state index contributed by atoms with van der Waals surface area (Å²) >= 11 is 0. The van der Waals surface area contributed by atoms with E-state index in [0.717, 1.165) is 6.04 Å². The van der Waals surface area contributed by atoms with Crippen molar-refractivity contribution in [3.8, 4) is 0 Å². The summed E-state index contributed by atoms with van der Waals surface area (Å²) in [6.07, 6.45) is 12.4. The Balaban J connectivity index is 2.10. The molecular weight excluding hydrogens is 160 g/mol. The molecule has 0 spiro atoms. The summed E-state index contributed by atoms with van der Waals surface area (Å²) in [5.74, 6) is 1.17. The van der Waals surface area contributed by atoms with Crippen LogP contribution >= 0.6 is 0 Å². The van der Waals surface area contributed by atoms with Crippen LogP contribution < -0.4 is 0 Å². The molecule has 0 amide bonds. The van der Waals surface area contributed by atoms with Gasteiger partial charge in [-0.05, 0) is 19.8 Å². The van der Waals surface area contributed by atoms with E-state index in [4.69, 9.17) is 0 Å². The highest BCUT2D eigenvalue weighted by Crippen LogP contribution is 2.27. The van der Waals surface area contributed by atoms with Gasteiger partial charge < -0.3 is 4.57 Å². The van der Waals surface area contributed by atoms with Gasteiger partial charge in [0.15, 0.2) is 0 Å². The molecule has 0 aromatic carbocycles. The van der Waals surface area contributed by atoms with Gasteiger partial charge in [0, 0.05) is 18.4 Å². The highest BCUT2D eigenvalue weighted by molar-refractivity contribution is 4.92. The summed E-state index contributed by atoms with van der Waals surface area (Å²) in [6.45, 7) is 2.10. The van der Waals surface area contributed by atoms with Crippen molar-refractivity contribution in [1.82, 2.24) is 9.55 Å². The van der Waals surface area contributed by atoms with E-state index in [0.29, 0.717) is 0 Å². The van der Waals surface area contributed by atoms with Crippen molar-refractivity contribution in [3.63, 3.8) is 0 Å². The number of imidazole rings is 1. The number of nitrogens with zero attached hydrogens (tertiary/aromatic N) is 2. The van der Waals surface area contributed by atoms with Crippen molar-refractivity contribution in [2.24, 2.45) is 0 Å². The molecule has 13 heavy (non-hydrogen) atoms. The first-order chi connectivity index (χ1) is 6.38. The fourth-order valence-electron chi connectivity index (χ4n) is 2.31. The van der Waals surface area contributed by atoms with Crippen LogP contribution in [-0.4, -0.2) is 9.55 Å². The maximum atomic E-state index is 4.29. The molecule has 2 heteroatoms. The molecule has 72 valence electrons. The van der Waals surface area contributed by atoms with Gasteiger partial charge in [-0.25, -0.2) is 4.98 Å². The fourth-order valence-corrected chi connectivity index (χ4v) is 2.31. The molecule has 0 bridgehead atoms. The van der Waals surface area contributed by atoms with E-state index in [1.807, 2.05) is 6.20 Å². The van der Waals surface area contributed by atoms with E-state index in [-0.39, 0.29) is 0 Å². The zero-order chi connectivity index (χ0) is 9.10. The quantitative estimate of drug-likeness (QED) is 0.604. The highest BCUT2D eigenvalue weighted by Gasteiger charge is 2.14. The topological polar surface area (TPSA) is 17.8 Å². The summed E-state index contributed by atoms with van der Waals surface area (Å²) in [5.41, 5.74) is 0. The molecular formula is C11H18N2. The van der Waals surface area contributed by atoms with Crippen LogP contribution in [0.25, 0.3) is 0 Å². The van der Waals surface area contributed by atoms with E-state index in [9.17, 15) is 0 Å². The Hall–Kier alpha value is -0.790. The van der Waals surface area contributed by atoms with Crippen molar-refractivity contribution in [3.05, 3.63) is 18.2 Å². The lowest BCUT2D eigenvalue weighted by atomic mass is 10.1. The Morgan fingerprint density at radius 1 is 1.23 bits per heavy atom. The van der Waals surface area contributed by atoms with Crippen LogP contribution in [0.1, 0.15) is 50.4 Å². The Morgan fingerprint density at radius 2 is 1.92 bits per heavy atom. The summed E-state index contributed by atoms with van der Waals surface area (Å²) < 4.78 is 2.35. The fraction of sp³-hybridized carbons (Fsp3) is 0.727. The van der Waals surface area contributed by atoms with Crippen LogP contribution in [0.4, 0.5) is 0 Å². The molecule has 1 aromatic rings. The van der Waals surface area contributed by atoms with Crippen LogP contribution in [0.5, 0.6) is 0 Å². The first-order valence-electron chi connectivity index (χ1n) is 5.37. The van der Waals surface area contributed by atoms with E-state index in [2.05, 4.69) is 22.7 Å². The molecule has 0 aliphatic heterocycles. The standard InChI is InChI=1S/C11H18N2/c1-10-12-8-9-13(10)11-6-4-2-3-5-7-11/h8-9,11H,2-7H2,1H3. The van der Waals surface area contributed by atoms with Crippen molar-refractivity contribution in [2.75, 3.05) is 0 Å². The largest absolute Gasteiger partial charge is 0.332 e. The van der Waals surface area contributed by atoms with Crippen LogP contribution in [0.2, 0.25) is 0 Å². The number of rotatable bonds is 1. The van der Waals surface area contributed by atoms with Gasteiger partial charge >= 0.3 is 0 Å². The van der Waals surface area contributed by atoms with Crippen molar-refractivity contribution in [1.29, 1.82) is 0 Å². The minimum absolute atomic E-state index is 0.727. The lowest BCUT2D eigenvalue weighted by Gasteiger charge is -2.17. The second-order valence-electron chi connectivity index (χ2n) is 4.03. The maximum Gasteiger partial charge on any atom is 0.105 e. The number of hydrogen-bond acceptors (Lipinski definition) is 1. The third-order valence-electron chi connectivity index (χ3n) is 3.08. The molecule has 2 rings (SSSR count). The monoisotopic (exact) mass is 178 g/mol. The Bertz CT molecular complexity index is 257. The molecule has 1 fully saturated rings. The summed E-state index contributed by atoms with van der Waals surface area (Å²) in [7, 11) is 0. The average Bonchev–Trinajstić information content (AvgIpc) is 2.43. The summed E-state index contributed by atoms with van der Waals surface area (Å²) in [4.78, 5) is 4.29. The SMILES string of the molecule is Cc1nccn1C1CCCCCC1. The molecule has 0 radical (unpaired) electrons. The molecule has 1 heterocycles. The van der Waals surface area contributed by atoms with Crippen LogP contribution in [0.15, 0.2) is 12.4 Å². The predicted molar refractivity (Wildman–Crippen MR) is 53.7 cm³/mol. The van der Waals surface area contributed by atoms with Crippen molar-refractivity contribution >= 4 is 0 Å². The van der Waals surface area contributed by atoms with Gasteiger partial charge in [-0.3, -0.25) is 0 Å². The molecule has 1 aromatic heterocycles. The molecule has 0 unspecified atom stereocenters. The molecule has 1 aliphatic carbocycles. The molecule has 1 aliphatic rings. The molecule has 0 N–H and O–H groups in total. The molecule has 2 nitrogen and oxygen atoms in total. The second kappa shape index (κ2) is 3.95. The van der Waals surface area contributed by atoms with E-state index in [1.165, 1.54) is 44.3 Å². The van der Waals surface area contributed by atoms with E-state index >= 15 is 0 Å². The number of aryl methyl sites for hydroxylation is 1. The van der Waals surface area contributed by atoms with E-state index < -0.39 is 0 Å². The first-order valence-corrected chi connectivity index (χ1v) is 5.37. The zero-order valence-corrected chi connectivity index (χ0v) is 8.37. The van der Waals surface area contributed by atoms with Crippen LogP contribution in [0, 0.1) is 6.92 Å². The van der Waals surface area contributed by atoms with Gasteiger partial charge in [0.05, 0.1) is 0 Å². The van der Waals surface area contributed by atoms with Crippen molar-refractivity contribution in [2.45, 2.75) is 51.5 Å². The Labute approximate surface area is 80.0 Å². The van der Waals surface area contributed by atoms with Gasteiger partial charge in [0.1, 0.15) is 5.82 Å². The predicted octanol–water partition coefficient (Wildman–Crippen LogP) is 3.09.